The molecule has 3 heterocycles. The highest BCUT2D eigenvalue weighted by molar-refractivity contribution is 8.03. The summed E-state index contributed by atoms with van der Waals surface area (Å²) in [6.45, 7) is 5.51. The first-order valence-corrected chi connectivity index (χ1v) is 14.0. The van der Waals surface area contributed by atoms with Crippen molar-refractivity contribution < 1.29 is 4.79 Å². The Morgan fingerprint density at radius 2 is 1.73 bits per heavy atom. The van der Waals surface area contributed by atoms with E-state index in [-0.39, 0.29) is 5.91 Å². The minimum Gasteiger partial charge on any atom is -0.352 e. The fourth-order valence-electron chi connectivity index (χ4n) is 4.99. The highest BCUT2D eigenvalue weighted by atomic mass is 32.2. The maximum atomic E-state index is 12.5. The van der Waals surface area contributed by atoms with Gasteiger partial charge in [0.05, 0.1) is 0 Å². The summed E-state index contributed by atoms with van der Waals surface area (Å²) in [4.78, 5) is 17.7. The fourth-order valence-corrected chi connectivity index (χ4v) is 7.62. The highest BCUT2D eigenvalue weighted by Crippen LogP contribution is 2.27. The second kappa shape index (κ2) is 11.8. The van der Waals surface area contributed by atoms with Crippen molar-refractivity contribution >= 4 is 29.4 Å². The molecule has 4 nitrogen and oxygen atoms in total. The first kappa shape index (κ1) is 22.5. The Morgan fingerprint density at radius 3 is 2.47 bits per heavy atom. The zero-order valence-corrected chi connectivity index (χ0v) is 19.8. The summed E-state index contributed by atoms with van der Waals surface area (Å²) >= 11 is 4.26. The molecule has 166 valence electrons. The van der Waals surface area contributed by atoms with Crippen LogP contribution in [-0.2, 0) is 11.3 Å². The molecule has 6 heteroatoms. The van der Waals surface area contributed by atoms with E-state index in [1.54, 1.807) is 0 Å². The molecule has 3 saturated heterocycles. The molecule has 0 aromatic heterocycles. The van der Waals surface area contributed by atoms with Gasteiger partial charge in [-0.25, -0.2) is 0 Å². The number of likely N-dealkylation sites (tertiary alicyclic amines) is 2. The summed E-state index contributed by atoms with van der Waals surface area (Å²) in [5.41, 5.74) is 1.36. The van der Waals surface area contributed by atoms with Crippen molar-refractivity contribution in [3.63, 3.8) is 0 Å². The van der Waals surface area contributed by atoms with Gasteiger partial charge in [0.15, 0.2) is 0 Å². The van der Waals surface area contributed by atoms with Gasteiger partial charge >= 0.3 is 0 Å². The molecule has 1 amide bonds. The number of amides is 1. The summed E-state index contributed by atoms with van der Waals surface area (Å²) in [6.07, 6.45) is 5.39. The fraction of sp³-hybridized carbons (Fsp3) is 0.708. The summed E-state index contributed by atoms with van der Waals surface area (Å²) in [7, 11) is 0. The van der Waals surface area contributed by atoms with Crippen LogP contribution in [0.1, 0.15) is 37.7 Å². The largest absolute Gasteiger partial charge is 0.352 e. The topological polar surface area (TPSA) is 35.6 Å². The summed E-state index contributed by atoms with van der Waals surface area (Å²) in [5.74, 6) is 6.25. The molecule has 1 aromatic rings. The number of hydrogen-bond donors (Lipinski definition) is 1. The number of carbonyl (C=O) groups excluding carboxylic acids is 1. The van der Waals surface area contributed by atoms with Gasteiger partial charge < -0.3 is 5.32 Å². The molecule has 1 N–H and O–H groups in total. The molecule has 0 radical (unpaired) electrons. The van der Waals surface area contributed by atoms with Gasteiger partial charge in [-0.3, -0.25) is 14.6 Å². The quantitative estimate of drug-likeness (QED) is 0.689. The molecule has 3 aliphatic heterocycles. The minimum absolute atomic E-state index is 0.264. The van der Waals surface area contributed by atoms with Crippen molar-refractivity contribution in [3.05, 3.63) is 35.9 Å². The van der Waals surface area contributed by atoms with Crippen LogP contribution >= 0.6 is 23.5 Å². The lowest BCUT2D eigenvalue weighted by atomic mass is 9.91. The van der Waals surface area contributed by atoms with Crippen LogP contribution in [0.25, 0.3) is 0 Å². The first-order chi connectivity index (χ1) is 14.8. The average molecular weight is 448 g/mol. The van der Waals surface area contributed by atoms with E-state index in [1.165, 1.54) is 54.5 Å². The summed E-state index contributed by atoms with van der Waals surface area (Å²) in [5, 5.41) is 3.31. The third-order valence-electron chi connectivity index (χ3n) is 6.82. The Kier molecular flexibility index (Phi) is 8.85. The number of nitrogens with one attached hydrogen (secondary N) is 1. The van der Waals surface area contributed by atoms with Crippen LogP contribution in [0, 0.1) is 5.92 Å². The molecule has 0 saturated carbocycles. The normalized spacial score (nSPS) is 25.3. The number of nitrogens with zero attached hydrogens (tertiary/aromatic N) is 2. The highest BCUT2D eigenvalue weighted by Gasteiger charge is 2.27. The van der Waals surface area contributed by atoms with Crippen molar-refractivity contribution in [2.75, 3.05) is 49.2 Å². The molecule has 0 spiro atoms. The molecular weight excluding hydrogens is 410 g/mol. The number of hydrogen-bond acceptors (Lipinski definition) is 5. The van der Waals surface area contributed by atoms with Gasteiger partial charge in [-0.05, 0) is 50.3 Å². The third kappa shape index (κ3) is 6.91. The Labute approximate surface area is 190 Å². The molecule has 0 aliphatic carbocycles. The molecule has 1 aromatic carbocycles. The number of benzene rings is 1. The lowest BCUT2D eigenvalue weighted by molar-refractivity contribution is -0.122. The lowest BCUT2D eigenvalue weighted by Crippen LogP contribution is -2.44. The van der Waals surface area contributed by atoms with Gasteiger partial charge in [0.2, 0.25) is 5.91 Å². The minimum atomic E-state index is 0.264. The van der Waals surface area contributed by atoms with Crippen LogP contribution in [0.15, 0.2) is 30.3 Å². The molecule has 1 unspecified atom stereocenters. The third-order valence-corrected chi connectivity index (χ3v) is 9.31. The second-order valence-electron chi connectivity index (χ2n) is 9.10. The predicted octanol–water partition coefficient (Wildman–Crippen LogP) is 3.72. The van der Waals surface area contributed by atoms with Crippen LogP contribution < -0.4 is 5.32 Å². The van der Waals surface area contributed by atoms with Gasteiger partial charge in [0, 0.05) is 61.2 Å². The predicted molar refractivity (Wildman–Crippen MR) is 130 cm³/mol. The molecule has 1 atom stereocenters. The number of piperidine rings is 1. The summed E-state index contributed by atoms with van der Waals surface area (Å²) in [6, 6.07) is 11.7. The van der Waals surface area contributed by atoms with E-state index in [9.17, 15) is 4.79 Å². The van der Waals surface area contributed by atoms with Crippen molar-refractivity contribution in [3.8, 4) is 0 Å². The SMILES string of the molecule is O=C(CCC1CCN(C2CSCCSC2)CC1)NC1CCN(Cc2ccccc2)C1. The van der Waals surface area contributed by atoms with Crippen LogP contribution in [0.3, 0.4) is 0 Å². The molecule has 3 fully saturated rings. The van der Waals surface area contributed by atoms with Gasteiger partial charge in [-0.1, -0.05) is 30.3 Å². The van der Waals surface area contributed by atoms with E-state index >= 15 is 0 Å². The van der Waals surface area contributed by atoms with E-state index < -0.39 is 0 Å². The molecule has 30 heavy (non-hydrogen) atoms. The van der Waals surface area contributed by atoms with Crippen LogP contribution in [0.4, 0.5) is 0 Å². The average Bonchev–Trinajstić information content (AvgIpc) is 3.03. The van der Waals surface area contributed by atoms with E-state index in [2.05, 4.69) is 69.0 Å². The second-order valence-corrected chi connectivity index (χ2v) is 11.4. The van der Waals surface area contributed by atoms with Crippen molar-refractivity contribution in [1.82, 2.24) is 15.1 Å². The zero-order chi connectivity index (χ0) is 20.6. The number of carbonyl (C=O) groups is 1. The van der Waals surface area contributed by atoms with Crippen molar-refractivity contribution in [2.24, 2.45) is 5.92 Å². The van der Waals surface area contributed by atoms with E-state index in [0.29, 0.717) is 12.5 Å². The van der Waals surface area contributed by atoms with Gasteiger partial charge in [-0.15, -0.1) is 0 Å². The Morgan fingerprint density at radius 1 is 1.00 bits per heavy atom. The molecule has 0 bridgehead atoms. The lowest BCUT2D eigenvalue weighted by Gasteiger charge is -2.37. The zero-order valence-electron chi connectivity index (χ0n) is 18.1. The van der Waals surface area contributed by atoms with Crippen LogP contribution in [0.5, 0.6) is 0 Å². The van der Waals surface area contributed by atoms with Crippen LogP contribution in [-0.4, -0.2) is 77.0 Å². The monoisotopic (exact) mass is 447 g/mol. The van der Waals surface area contributed by atoms with Gasteiger partial charge in [-0.2, -0.15) is 23.5 Å². The van der Waals surface area contributed by atoms with Crippen molar-refractivity contribution in [1.29, 1.82) is 0 Å². The Hall–Kier alpha value is -0.690. The van der Waals surface area contributed by atoms with Gasteiger partial charge in [0.25, 0.3) is 0 Å². The Balaban J connectivity index is 1.10. The summed E-state index contributed by atoms with van der Waals surface area (Å²) < 4.78 is 0. The van der Waals surface area contributed by atoms with E-state index in [4.69, 9.17) is 0 Å². The first-order valence-electron chi connectivity index (χ1n) is 11.7. The maximum Gasteiger partial charge on any atom is 0.220 e. The van der Waals surface area contributed by atoms with Gasteiger partial charge in [0.1, 0.15) is 0 Å². The van der Waals surface area contributed by atoms with E-state index in [0.717, 1.165) is 44.4 Å². The standard InChI is InChI=1S/C24H37N3OS2/c28-24(25-22-10-11-26(17-22)16-21-4-2-1-3-5-21)7-6-20-8-12-27(13-9-20)23-18-29-14-15-30-19-23/h1-5,20,22-23H,6-19H2,(H,25,28). The van der Waals surface area contributed by atoms with Crippen LogP contribution in [0.2, 0.25) is 0 Å². The van der Waals surface area contributed by atoms with Crippen molar-refractivity contribution in [2.45, 2.75) is 50.7 Å². The van der Waals surface area contributed by atoms with E-state index in [1.807, 2.05) is 0 Å². The smallest absolute Gasteiger partial charge is 0.220 e. The molecular formula is C24H37N3OS2. The molecule has 4 rings (SSSR count). The maximum absolute atomic E-state index is 12.5. The number of rotatable bonds is 7. The Bertz CT molecular complexity index is 643. The molecule has 3 aliphatic rings. The number of thioether (sulfide) groups is 2.